The summed E-state index contributed by atoms with van der Waals surface area (Å²) in [5.74, 6) is -3.02. The van der Waals surface area contributed by atoms with Crippen LogP contribution in [-0.4, -0.2) is 78.1 Å². The second kappa shape index (κ2) is 12.9. The molecule has 2 aromatic rings. The molecule has 0 spiro atoms. The Kier molecular flexibility index (Phi) is 9.43. The Balaban J connectivity index is 1.39. The van der Waals surface area contributed by atoms with E-state index < -0.39 is 34.5 Å². The van der Waals surface area contributed by atoms with Crippen LogP contribution >= 0.6 is 0 Å². The van der Waals surface area contributed by atoms with Crippen LogP contribution in [0.15, 0.2) is 71.1 Å². The Bertz CT molecular complexity index is 1460. The van der Waals surface area contributed by atoms with Gasteiger partial charge in [0.15, 0.2) is 0 Å². The van der Waals surface area contributed by atoms with Gasteiger partial charge in [0.2, 0.25) is 0 Å². The summed E-state index contributed by atoms with van der Waals surface area (Å²) in [6.07, 6.45) is -3.92. The van der Waals surface area contributed by atoms with E-state index in [1.54, 1.807) is 37.9 Å². The summed E-state index contributed by atoms with van der Waals surface area (Å²) in [6, 6.07) is 10.8. The van der Waals surface area contributed by atoms with Crippen LogP contribution in [0.25, 0.3) is 0 Å². The first-order valence-electron chi connectivity index (χ1n) is 13.7. The van der Waals surface area contributed by atoms with Gasteiger partial charge in [-0.05, 0) is 44.0 Å². The van der Waals surface area contributed by atoms with Gasteiger partial charge >= 0.3 is 18.1 Å². The van der Waals surface area contributed by atoms with Crippen LogP contribution in [-0.2, 0) is 20.5 Å². The zero-order valence-electron chi connectivity index (χ0n) is 24.1. The molecule has 4 rings (SSSR count). The second-order valence-electron chi connectivity index (χ2n) is 10.5. The lowest BCUT2D eigenvalue weighted by Crippen LogP contribution is -2.46. The Morgan fingerprint density at radius 3 is 2.30 bits per heavy atom. The molecule has 0 aliphatic carbocycles. The molecule has 0 amide bonds. The fourth-order valence-corrected chi connectivity index (χ4v) is 5.51. The van der Waals surface area contributed by atoms with E-state index in [0.717, 1.165) is 12.1 Å². The highest BCUT2D eigenvalue weighted by Gasteiger charge is 2.39. The van der Waals surface area contributed by atoms with Crippen molar-refractivity contribution in [3.05, 3.63) is 92.3 Å². The number of rotatable bonds is 9. The molecule has 2 aliphatic rings. The van der Waals surface area contributed by atoms with Gasteiger partial charge in [-0.15, -0.1) is 0 Å². The molecular formula is C30H33F3N4O6. The third-order valence-corrected chi connectivity index (χ3v) is 7.99. The Morgan fingerprint density at radius 2 is 1.67 bits per heavy atom. The Hall–Kier alpha value is -4.39. The molecule has 1 atom stereocenters. The number of benzene rings is 2. The molecule has 2 aliphatic heterocycles. The topological polar surface area (TPSA) is 116 Å². The molecule has 0 saturated carbocycles. The third-order valence-electron chi connectivity index (χ3n) is 7.99. The zero-order valence-corrected chi connectivity index (χ0v) is 24.1. The van der Waals surface area contributed by atoms with Crippen molar-refractivity contribution in [1.29, 1.82) is 0 Å². The zero-order chi connectivity index (χ0) is 31.5. The predicted octanol–water partition coefficient (Wildman–Crippen LogP) is 5.03. The van der Waals surface area contributed by atoms with Gasteiger partial charge in [-0.3, -0.25) is 15.0 Å². The van der Waals surface area contributed by atoms with E-state index in [-0.39, 0.29) is 23.4 Å². The van der Waals surface area contributed by atoms with Gasteiger partial charge in [-0.25, -0.2) is 9.59 Å². The Labute approximate surface area is 246 Å². The highest BCUT2D eigenvalue weighted by atomic mass is 19.4. The maximum atomic E-state index is 13.4. The first-order chi connectivity index (χ1) is 20.3. The fourth-order valence-electron chi connectivity index (χ4n) is 5.51. The first-order valence-corrected chi connectivity index (χ1v) is 13.7. The number of nitro groups is 1. The normalized spacial score (nSPS) is 18.2. The number of esters is 1. The lowest BCUT2D eigenvalue weighted by Gasteiger charge is -2.36. The number of ether oxygens (including phenoxy) is 1. The van der Waals surface area contributed by atoms with Crippen molar-refractivity contribution in [2.45, 2.75) is 32.4 Å². The molecule has 230 valence electrons. The number of aliphatic carboxylic acids is 1. The van der Waals surface area contributed by atoms with E-state index in [2.05, 4.69) is 4.90 Å². The van der Waals surface area contributed by atoms with Crippen LogP contribution in [0.1, 0.15) is 37.3 Å². The monoisotopic (exact) mass is 602 g/mol. The molecule has 2 aromatic carbocycles. The number of carboxylic acid groups (broad SMARTS) is 1. The molecule has 0 bridgehead atoms. The summed E-state index contributed by atoms with van der Waals surface area (Å²) in [7, 11) is 1.64. The van der Waals surface area contributed by atoms with Crippen molar-refractivity contribution in [2.24, 2.45) is 0 Å². The van der Waals surface area contributed by atoms with Crippen LogP contribution in [0.4, 0.5) is 24.5 Å². The quantitative estimate of drug-likeness (QED) is 0.183. The smallest absolute Gasteiger partial charge is 0.416 e. The summed E-state index contributed by atoms with van der Waals surface area (Å²) in [6.45, 7) is 6.29. The number of hydrogen-bond donors (Lipinski definition) is 1. The molecular weight excluding hydrogens is 569 g/mol. The van der Waals surface area contributed by atoms with Crippen molar-refractivity contribution in [3.8, 4) is 0 Å². The number of anilines is 1. The number of hydrogen-bond acceptors (Lipinski definition) is 8. The maximum Gasteiger partial charge on any atom is 0.416 e. The average molecular weight is 603 g/mol. The van der Waals surface area contributed by atoms with Gasteiger partial charge in [0.05, 0.1) is 34.2 Å². The van der Waals surface area contributed by atoms with Gasteiger partial charge in [-0.2, -0.15) is 13.2 Å². The van der Waals surface area contributed by atoms with Gasteiger partial charge in [0.1, 0.15) is 0 Å². The fraction of sp³-hybridized carbons (Fsp3) is 0.400. The highest BCUT2D eigenvalue weighted by molar-refractivity contribution is 5.99. The number of piperazine rings is 1. The van der Waals surface area contributed by atoms with E-state index in [1.807, 2.05) is 4.90 Å². The molecule has 1 saturated heterocycles. The van der Waals surface area contributed by atoms with Gasteiger partial charge in [0, 0.05) is 69.0 Å². The van der Waals surface area contributed by atoms with Crippen molar-refractivity contribution >= 4 is 23.3 Å². The summed E-state index contributed by atoms with van der Waals surface area (Å²) < 4.78 is 44.9. The number of nitro benzene ring substituents is 1. The average Bonchev–Trinajstić information content (AvgIpc) is 2.97. The number of allylic oxidation sites excluding steroid dienone is 2. The van der Waals surface area contributed by atoms with Crippen molar-refractivity contribution in [1.82, 2.24) is 9.80 Å². The van der Waals surface area contributed by atoms with Crippen molar-refractivity contribution in [3.63, 3.8) is 0 Å². The van der Waals surface area contributed by atoms with Crippen LogP contribution in [0.5, 0.6) is 0 Å². The van der Waals surface area contributed by atoms with Crippen LogP contribution in [0.2, 0.25) is 0 Å². The van der Waals surface area contributed by atoms with Gasteiger partial charge in [-0.1, -0.05) is 18.2 Å². The first kappa shape index (κ1) is 31.5. The molecule has 0 radical (unpaired) electrons. The summed E-state index contributed by atoms with van der Waals surface area (Å²) >= 11 is 0. The number of carbonyl (C=O) groups is 2. The Morgan fingerprint density at radius 1 is 1.02 bits per heavy atom. The number of nitrogens with zero attached hydrogens (tertiary/aromatic N) is 4. The summed E-state index contributed by atoms with van der Waals surface area (Å²) in [5, 5.41) is 21.5. The summed E-state index contributed by atoms with van der Waals surface area (Å²) in [5.41, 5.74) is 0.823. The molecule has 13 heteroatoms. The molecule has 0 aromatic heterocycles. The predicted molar refractivity (Wildman–Crippen MR) is 152 cm³/mol. The molecule has 1 fully saturated rings. The largest absolute Gasteiger partial charge is 0.478 e. The highest BCUT2D eigenvalue weighted by Crippen LogP contribution is 2.42. The molecule has 2 heterocycles. The number of non-ortho nitro benzene ring substituents is 1. The molecule has 1 N–H and O–H groups in total. The number of carbonyl (C=O) groups excluding carboxylic acids is 1. The SMILES string of the molecule is CC1=C(C(=O)O)C(c2cccc([N+](=O)[O-])c2)C(C(=O)OCCCN2CCN(c3cccc(C(F)(F)F)c3)CC2)=C(C)N1C. The maximum absolute atomic E-state index is 13.4. The lowest BCUT2D eigenvalue weighted by atomic mass is 9.80. The number of alkyl halides is 3. The second-order valence-corrected chi connectivity index (χ2v) is 10.5. The molecule has 1 unspecified atom stereocenters. The van der Waals surface area contributed by atoms with Gasteiger partial charge in [0.25, 0.3) is 5.69 Å². The van der Waals surface area contributed by atoms with Gasteiger partial charge < -0.3 is 19.6 Å². The van der Waals surface area contributed by atoms with E-state index >= 15 is 0 Å². The third kappa shape index (κ3) is 6.99. The standard InChI is InChI=1S/C30H33F3N4O6/c1-19-25(28(38)39)27(21-7-4-10-24(17-21)37(41)42)26(20(2)34(19)3)29(40)43-16-6-11-35-12-14-36(15-13-35)23-9-5-8-22(18-23)30(31,32)33/h4-5,7-10,17-18,27H,6,11-16H2,1-3H3,(H,38,39). The molecule has 10 nitrogen and oxygen atoms in total. The minimum Gasteiger partial charge on any atom is -0.478 e. The number of halogens is 3. The summed E-state index contributed by atoms with van der Waals surface area (Å²) in [4.78, 5) is 42.2. The lowest BCUT2D eigenvalue weighted by molar-refractivity contribution is -0.384. The van der Waals surface area contributed by atoms with Crippen LogP contribution in [0, 0.1) is 10.1 Å². The van der Waals surface area contributed by atoms with Crippen LogP contribution in [0.3, 0.4) is 0 Å². The number of carboxylic acids is 1. The van der Waals surface area contributed by atoms with Crippen molar-refractivity contribution in [2.75, 3.05) is 51.3 Å². The van der Waals surface area contributed by atoms with Crippen LogP contribution < -0.4 is 4.90 Å². The molecule has 43 heavy (non-hydrogen) atoms. The van der Waals surface area contributed by atoms with E-state index in [1.165, 1.54) is 24.3 Å². The van der Waals surface area contributed by atoms with E-state index in [9.17, 15) is 38.0 Å². The van der Waals surface area contributed by atoms with E-state index in [0.29, 0.717) is 61.8 Å². The van der Waals surface area contributed by atoms with E-state index in [4.69, 9.17) is 4.74 Å². The minimum absolute atomic E-state index is 0.0555. The van der Waals surface area contributed by atoms with Crippen molar-refractivity contribution < 1.29 is 37.5 Å². The minimum atomic E-state index is -4.40.